The van der Waals surface area contributed by atoms with Crippen molar-refractivity contribution >= 4 is 21.7 Å². The SMILES string of the molecule is O=C(CBr)c1ccc(CCc2ccccc2)cc1. The van der Waals surface area contributed by atoms with Gasteiger partial charge in [-0.2, -0.15) is 0 Å². The van der Waals surface area contributed by atoms with E-state index in [0.717, 1.165) is 18.4 Å². The van der Waals surface area contributed by atoms with Crippen LogP contribution in [0.1, 0.15) is 21.5 Å². The number of halogens is 1. The van der Waals surface area contributed by atoms with Crippen LogP contribution in [0.4, 0.5) is 0 Å². The minimum absolute atomic E-state index is 0.129. The van der Waals surface area contributed by atoms with E-state index in [-0.39, 0.29) is 5.78 Å². The number of carbonyl (C=O) groups is 1. The molecule has 2 rings (SSSR count). The number of ketones is 1. The third kappa shape index (κ3) is 3.54. The summed E-state index contributed by atoms with van der Waals surface area (Å²) in [6.07, 6.45) is 2.04. The molecular formula is C16H15BrO. The van der Waals surface area contributed by atoms with Gasteiger partial charge in [-0.25, -0.2) is 0 Å². The fourth-order valence-corrected chi connectivity index (χ4v) is 2.19. The Labute approximate surface area is 116 Å². The van der Waals surface area contributed by atoms with Crippen LogP contribution >= 0.6 is 15.9 Å². The molecule has 2 aromatic rings. The number of hydrogen-bond acceptors (Lipinski definition) is 1. The number of benzene rings is 2. The quantitative estimate of drug-likeness (QED) is 0.601. The van der Waals surface area contributed by atoms with Crippen LogP contribution in [-0.4, -0.2) is 11.1 Å². The third-order valence-corrected chi connectivity index (χ3v) is 3.45. The zero-order valence-corrected chi connectivity index (χ0v) is 11.7. The average Bonchev–Trinajstić information content (AvgIpc) is 2.46. The zero-order valence-electron chi connectivity index (χ0n) is 10.1. The fraction of sp³-hybridized carbons (Fsp3) is 0.188. The molecular weight excluding hydrogens is 288 g/mol. The van der Waals surface area contributed by atoms with Gasteiger partial charge >= 0.3 is 0 Å². The van der Waals surface area contributed by atoms with Gasteiger partial charge in [-0.15, -0.1) is 0 Å². The van der Waals surface area contributed by atoms with Gasteiger partial charge in [-0.1, -0.05) is 70.5 Å². The van der Waals surface area contributed by atoms with Gasteiger partial charge in [0, 0.05) is 5.56 Å². The van der Waals surface area contributed by atoms with Crippen LogP contribution in [0.5, 0.6) is 0 Å². The summed E-state index contributed by atoms with van der Waals surface area (Å²) >= 11 is 3.18. The van der Waals surface area contributed by atoms with E-state index in [1.54, 1.807) is 0 Å². The second kappa shape index (κ2) is 6.50. The first-order valence-corrected chi connectivity index (χ1v) is 7.14. The number of carbonyl (C=O) groups excluding carboxylic acids is 1. The fourth-order valence-electron chi connectivity index (χ4n) is 1.87. The number of aryl methyl sites for hydroxylation is 2. The molecule has 0 aromatic heterocycles. The molecule has 0 aliphatic rings. The van der Waals surface area contributed by atoms with Crippen molar-refractivity contribution in [1.82, 2.24) is 0 Å². The Morgan fingerprint density at radius 3 is 1.94 bits per heavy atom. The van der Waals surface area contributed by atoms with E-state index in [1.165, 1.54) is 11.1 Å². The summed E-state index contributed by atoms with van der Waals surface area (Å²) < 4.78 is 0. The van der Waals surface area contributed by atoms with Crippen molar-refractivity contribution < 1.29 is 4.79 Å². The van der Waals surface area contributed by atoms with E-state index in [1.807, 2.05) is 30.3 Å². The Bertz CT molecular complexity index is 502. The first-order chi connectivity index (χ1) is 8.79. The van der Waals surface area contributed by atoms with Crippen molar-refractivity contribution in [3.63, 3.8) is 0 Å². The van der Waals surface area contributed by atoms with E-state index in [0.29, 0.717) is 5.33 Å². The summed E-state index contributed by atoms with van der Waals surface area (Å²) in [4.78, 5) is 11.5. The molecule has 0 atom stereocenters. The van der Waals surface area contributed by atoms with Gasteiger partial charge in [-0.05, 0) is 24.0 Å². The van der Waals surface area contributed by atoms with Crippen molar-refractivity contribution in [2.75, 3.05) is 5.33 Å². The predicted octanol–water partition coefficient (Wildman–Crippen LogP) is 4.05. The molecule has 0 saturated heterocycles. The molecule has 0 saturated carbocycles. The highest BCUT2D eigenvalue weighted by Crippen LogP contribution is 2.10. The summed E-state index contributed by atoms with van der Waals surface area (Å²) in [6, 6.07) is 18.3. The van der Waals surface area contributed by atoms with Gasteiger partial charge in [0.2, 0.25) is 0 Å². The minimum Gasteiger partial charge on any atom is -0.293 e. The maximum absolute atomic E-state index is 11.5. The number of Topliss-reactive ketones (excluding diaryl/α,β-unsaturated/α-hetero) is 1. The van der Waals surface area contributed by atoms with Gasteiger partial charge in [0.25, 0.3) is 0 Å². The lowest BCUT2D eigenvalue weighted by atomic mass is 10.0. The molecule has 0 amide bonds. The number of hydrogen-bond donors (Lipinski definition) is 0. The molecule has 0 aliphatic heterocycles. The highest BCUT2D eigenvalue weighted by molar-refractivity contribution is 9.09. The standard InChI is InChI=1S/C16H15BrO/c17-12-16(18)15-10-8-14(9-11-15)7-6-13-4-2-1-3-5-13/h1-5,8-11H,6-7,12H2. The van der Waals surface area contributed by atoms with Crippen LogP contribution in [-0.2, 0) is 12.8 Å². The maximum atomic E-state index is 11.5. The molecule has 18 heavy (non-hydrogen) atoms. The van der Waals surface area contributed by atoms with E-state index >= 15 is 0 Å². The summed E-state index contributed by atoms with van der Waals surface area (Å²) in [7, 11) is 0. The van der Waals surface area contributed by atoms with Crippen LogP contribution in [0.2, 0.25) is 0 Å². The molecule has 0 radical (unpaired) electrons. The second-order valence-electron chi connectivity index (χ2n) is 4.24. The van der Waals surface area contributed by atoms with E-state index < -0.39 is 0 Å². The lowest BCUT2D eigenvalue weighted by Gasteiger charge is -2.03. The van der Waals surface area contributed by atoms with Gasteiger partial charge in [0.15, 0.2) is 5.78 Å². The maximum Gasteiger partial charge on any atom is 0.173 e. The first-order valence-electron chi connectivity index (χ1n) is 6.01. The highest BCUT2D eigenvalue weighted by Gasteiger charge is 2.03. The summed E-state index contributed by atoms with van der Waals surface area (Å²) in [5.74, 6) is 0.129. The molecule has 0 N–H and O–H groups in total. The van der Waals surface area contributed by atoms with Crippen molar-refractivity contribution in [1.29, 1.82) is 0 Å². The van der Waals surface area contributed by atoms with Gasteiger partial charge in [0.05, 0.1) is 5.33 Å². The molecule has 2 heteroatoms. The second-order valence-corrected chi connectivity index (χ2v) is 4.80. The average molecular weight is 303 g/mol. The van der Waals surface area contributed by atoms with Crippen LogP contribution in [0.25, 0.3) is 0 Å². The van der Waals surface area contributed by atoms with Crippen molar-refractivity contribution in [2.24, 2.45) is 0 Å². The van der Waals surface area contributed by atoms with E-state index in [9.17, 15) is 4.79 Å². The number of alkyl halides is 1. The van der Waals surface area contributed by atoms with Crippen molar-refractivity contribution in [3.05, 3.63) is 71.3 Å². The topological polar surface area (TPSA) is 17.1 Å². The molecule has 2 aromatic carbocycles. The van der Waals surface area contributed by atoms with Crippen molar-refractivity contribution in [3.8, 4) is 0 Å². The number of rotatable bonds is 5. The lowest BCUT2D eigenvalue weighted by Crippen LogP contribution is -2.00. The smallest absolute Gasteiger partial charge is 0.173 e. The van der Waals surface area contributed by atoms with Crippen LogP contribution in [0.3, 0.4) is 0 Å². The Kier molecular flexibility index (Phi) is 4.71. The van der Waals surface area contributed by atoms with Crippen molar-refractivity contribution in [2.45, 2.75) is 12.8 Å². The van der Waals surface area contributed by atoms with E-state index in [4.69, 9.17) is 0 Å². The Morgan fingerprint density at radius 2 is 1.39 bits per heavy atom. The third-order valence-electron chi connectivity index (χ3n) is 2.94. The highest BCUT2D eigenvalue weighted by atomic mass is 79.9. The molecule has 92 valence electrons. The molecule has 0 bridgehead atoms. The summed E-state index contributed by atoms with van der Waals surface area (Å²) in [5, 5.41) is 0.385. The molecule has 1 nitrogen and oxygen atoms in total. The van der Waals surface area contributed by atoms with E-state index in [2.05, 4.69) is 40.2 Å². The molecule has 0 aliphatic carbocycles. The molecule has 0 fully saturated rings. The van der Waals surface area contributed by atoms with Crippen LogP contribution in [0.15, 0.2) is 54.6 Å². The minimum atomic E-state index is 0.129. The first kappa shape index (κ1) is 13.0. The van der Waals surface area contributed by atoms with Gasteiger partial charge < -0.3 is 0 Å². The normalized spacial score (nSPS) is 10.3. The van der Waals surface area contributed by atoms with Gasteiger partial charge in [-0.3, -0.25) is 4.79 Å². The Balaban J connectivity index is 1.97. The Hall–Kier alpha value is -1.41. The predicted molar refractivity (Wildman–Crippen MR) is 78.4 cm³/mol. The summed E-state index contributed by atoms with van der Waals surface area (Å²) in [5.41, 5.74) is 3.39. The Morgan fingerprint density at radius 1 is 0.833 bits per heavy atom. The monoisotopic (exact) mass is 302 g/mol. The zero-order chi connectivity index (χ0) is 12.8. The van der Waals surface area contributed by atoms with Crippen LogP contribution < -0.4 is 0 Å². The largest absolute Gasteiger partial charge is 0.293 e. The van der Waals surface area contributed by atoms with Gasteiger partial charge in [0.1, 0.15) is 0 Å². The molecule has 0 unspecified atom stereocenters. The molecule has 0 heterocycles. The summed E-state index contributed by atoms with van der Waals surface area (Å²) in [6.45, 7) is 0. The lowest BCUT2D eigenvalue weighted by molar-refractivity contribution is 0.102. The van der Waals surface area contributed by atoms with Crippen LogP contribution in [0, 0.1) is 0 Å². The molecule has 0 spiro atoms.